The third-order valence-electron chi connectivity index (χ3n) is 5.21. The van der Waals surface area contributed by atoms with Crippen LogP contribution in [0.2, 0.25) is 0 Å². The lowest BCUT2D eigenvalue weighted by Gasteiger charge is -2.27. The first-order chi connectivity index (χ1) is 12.6. The van der Waals surface area contributed by atoms with E-state index in [1.165, 1.54) is 9.54 Å². The fraction of sp³-hybridized carbons (Fsp3) is 0.143. The molecule has 2 heterocycles. The Morgan fingerprint density at radius 2 is 1.65 bits per heavy atom. The number of fused-ring (bicyclic) bond motifs is 2. The summed E-state index contributed by atoms with van der Waals surface area (Å²) in [5.41, 5.74) is 1.98. The standard InChI is InChI=1S/C21H18N2O2S/c24-26(25,20-7-5-15-3-1-2-4-16(15)12-20)23-10-9-18-11-17(6-8-21(18)23)19-13-22-14-19/h1-12,19,22H,13-14H2. The Hall–Kier alpha value is -2.63. The van der Waals surface area contributed by atoms with Crippen LogP contribution in [-0.4, -0.2) is 25.5 Å². The lowest BCUT2D eigenvalue weighted by molar-refractivity contribution is 0.449. The molecule has 0 saturated carbocycles. The van der Waals surface area contributed by atoms with Crippen molar-refractivity contribution in [1.82, 2.24) is 9.29 Å². The van der Waals surface area contributed by atoms with Crippen molar-refractivity contribution in [3.05, 3.63) is 78.5 Å². The van der Waals surface area contributed by atoms with Crippen LogP contribution in [0.3, 0.4) is 0 Å². The van der Waals surface area contributed by atoms with Gasteiger partial charge < -0.3 is 5.32 Å². The zero-order chi connectivity index (χ0) is 17.7. The van der Waals surface area contributed by atoms with Crippen molar-refractivity contribution in [2.45, 2.75) is 10.8 Å². The van der Waals surface area contributed by atoms with E-state index in [0.717, 1.165) is 29.2 Å². The monoisotopic (exact) mass is 362 g/mol. The summed E-state index contributed by atoms with van der Waals surface area (Å²) in [6.45, 7) is 1.98. The minimum absolute atomic E-state index is 0.306. The second-order valence-electron chi connectivity index (χ2n) is 6.80. The van der Waals surface area contributed by atoms with Crippen LogP contribution in [0.4, 0.5) is 0 Å². The van der Waals surface area contributed by atoms with Gasteiger partial charge in [-0.1, -0.05) is 36.4 Å². The van der Waals surface area contributed by atoms with Gasteiger partial charge in [-0.15, -0.1) is 0 Å². The molecule has 1 N–H and O–H groups in total. The third kappa shape index (κ3) is 2.35. The van der Waals surface area contributed by atoms with E-state index in [1.54, 1.807) is 18.3 Å². The van der Waals surface area contributed by atoms with Crippen LogP contribution in [0.25, 0.3) is 21.7 Å². The molecule has 0 spiro atoms. The lowest BCUT2D eigenvalue weighted by Crippen LogP contribution is -2.39. The molecule has 0 radical (unpaired) electrons. The maximum absolute atomic E-state index is 13.2. The number of rotatable bonds is 3. The highest BCUT2D eigenvalue weighted by molar-refractivity contribution is 7.90. The number of benzene rings is 3. The fourth-order valence-corrected chi connectivity index (χ4v) is 4.95. The number of hydrogen-bond donors (Lipinski definition) is 1. The summed E-state index contributed by atoms with van der Waals surface area (Å²) in [4.78, 5) is 0.306. The zero-order valence-corrected chi connectivity index (χ0v) is 14.9. The molecule has 0 aliphatic carbocycles. The molecule has 0 unspecified atom stereocenters. The quantitative estimate of drug-likeness (QED) is 0.604. The normalized spacial score (nSPS) is 15.4. The van der Waals surface area contributed by atoms with E-state index in [9.17, 15) is 8.42 Å². The smallest absolute Gasteiger partial charge is 0.268 e. The highest BCUT2D eigenvalue weighted by atomic mass is 32.2. The van der Waals surface area contributed by atoms with Gasteiger partial charge in [0.2, 0.25) is 0 Å². The van der Waals surface area contributed by atoms with E-state index in [0.29, 0.717) is 16.3 Å². The lowest BCUT2D eigenvalue weighted by atomic mass is 9.93. The molecular formula is C21H18N2O2S. The third-order valence-corrected chi connectivity index (χ3v) is 6.90. The van der Waals surface area contributed by atoms with E-state index in [1.807, 2.05) is 48.5 Å². The maximum Gasteiger partial charge on any atom is 0.268 e. The van der Waals surface area contributed by atoms with Crippen LogP contribution in [0.1, 0.15) is 11.5 Å². The Labute approximate surface area is 152 Å². The maximum atomic E-state index is 13.2. The van der Waals surface area contributed by atoms with Gasteiger partial charge in [0.25, 0.3) is 10.0 Å². The molecule has 5 rings (SSSR count). The molecule has 1 aromatic heterocycles. The molecule has 5 heteroatoms. The molecule has 1 saturated heterocycles. The minimum atomic E-state index is -3.63. The summed E-state index contributed by atoms with van der Waals surface area (Å²) in [5, 5.41) is 6.18. The molecule has 1 aliphatic heterocycles. The van der Waals surface area contributed by atoms with Gasteiger partial charge in [-0.05, 0) is 46.7 Å². The van der Waals surface area contributed by atoms with Gasteiger partial charge >= 0.3 is 0 Å². The van der Waals surface area contributed by atoms with Crippen LogP contribution in [0, 0.1) is 0 Å². The van der Waals surface area contributed by atoms with Crippen LogP contribution in [0.5, 0.6) is 0 Å². The average Bonchev–Trinajstić information content (AvgIpc) is 3.04. The van der Waals surface area contributed by atoms with Crippen molar-refractivity contribution in [3.8, 4) is 0 Å². The summed E-state index contributed by atoms with van der Waals surface area (Å²) < 4.78 is 27.8. The summed E-state index contributed by atoms with van der Waals surface area (Å²) in [5.74, 6) is 0.528. The molecule has 4 nitrogen and oxygen atoms in total. The largest absolute Gasteiger partial charge is 0.315 e. The Morgan fingerprint density at radius 1 is 0.846 bits per heavy atom. The predicted octanol–water partition coefficient (Wildman–Crippen LogP) is 3.72. The zero-order valence-electron chi connectivity index (χ0n) is 14.1. The molecule has 4 aromatic rings. The predicted molar refractivity (Wildman–Crippen MR) is 104 cm³/mol. The summed E-state index contributed by atoms with van der Waals surface area (Å²) in [6, 6.07) is 21.0. The minimum Gasteiger partial charge on any atom is -0.315 e. The van der Waals surface area contributed by atoms with Crippen molar-refractivity contribution >= 4 is 31.7 Å². The van der Waals surface area contributed by atoms with E-state index >= 15 is 0 Å². The molecule has 1 aliphatic rings. The van der Waals surface area contributed by atoms with Gasteiger partial charge in [-0.2, -0.15) is 0 Å². The van der Waals surface area contributed by atoms with Crippen molar-refractivity contribution in [2.24, 2.45) is 0 Å². The van der Waals surface area contributed by atoms with Gasteiger partial charge in [-0.25, -0.2) is 12.4 Å². The molecule has 3 aromatic carbocycles. The molecule has 26 heavy (non-hydrogen) atoms. The molecule has 0 atom stereocenters. The van der Waals surface area contributed by atoms with Gasteiger partial charge in [-0.3, -0.25) is 0 Å². The van der Waals surface area contributed by atoms with Gasteiger partial charge in [0, 0.05) is 30.6 Å². The first-order valence-electron chi connectivity index (χ1n) is 8.69. The van der Waals surface area contributed by atoms with Crippen LogP contribution >= 0.6 is 0 Å². The first-order valence-corrected chi connectivity index (χ1v) is 10.1. The van der Waals surface area contributed by atoms with E-state index in [4.69, 9.17) is 0 Å². The molecular weight excluding hydrogens is 344 g/mol. The fourth-order valence-electron chi connectivity index (χ4n) is 3.56. The second kappa shape index (κ2) is 5.69. The molecule has 0 amide bonds. The highest BCUT2D eigenvalue weighted by Gasteiger charge is 2.22. The van der Waals surface area contributed by atoms with Crippen molar-refractivity contribution in [3.63, 3.8) is 0 Å². The van der Waals surface area contributed by atoms with Gasteiger partial charge in [0.1, 0.15) is 0 Å². The highest BCUT2D eigenvalue weighted by Crippen LogP contribution is 2.28. The Morgan fingerprint density at radius 3 is 2.42 bits per heavy atom. The topological polar surface area (TPSA) is 51.1 Å². The SMILES string of the molecule is O=S(=O)(c1ccc2ccccc2c1)n1ccc2cc(C3CNC3)ccc21. The van der Waals surface area contributed by atoms with Crippen LogP contribution < -0.4 is 5.32 Å². The summed E-state index contributed by atoms with van der Waals surface area (Å²) >= 11 is 0. The number of nitrogens with zero attached hydrogens (tertiary/aromatic N) is 1. The van der Waals surface area contributed by atoms with E-state index in [-0.39, 0.29) is 0 Å². The van der Waals surface area contributed by atoms with E-state index in [2.05, 4.69) is 11.4 Å². The van der Waals surface area contributed by atoms with Gasteiger partial charge in [0.15, 0.2) is 0 Å². The van der Waals surface area contributed by atoms with E-state index < -0.39 is 10.0 Å². The summed E-state index contributed by atoms with van der Waals surface area (Å²) in [6.07, 6.45) is 1.65. The number of aromatic nitrogens is 1. The number of hydrogen-bond acceptors (Lipinski definition) is 3. The molecule has 130 valence electrons. The number of nitrogens with one attached hydrogen (secondary N) is 1. The molecule has 0 bridgehead atoms. The molecule has 1 fully saturated rings. The van der Waals surface area contributed by atoms with Crippen LogP contribution in [0.15, 0.2) is 77.8 Å². The average molecular weight is 362 g/mol. The van der Waals surface area contributed by atoms with Crippen LogP contribution in [-0.2, 0) is 10.0 Å². The summed E-state index contributed by atoms with van der Waals surface area (Å²) in [7, 11) is -3.63. The Bertz CT molecular complexity index is 1240. The van der Waals surface area contributed by atoms with Crippen molar-refractivity contribution < 1.29 is 8.42 Å². The van der Waals surface area contributed by atoms with Crippen molar-refractivity contribution in [2.75, 3.05) is 13.1 Å². The Kier molecular flexibility index (Phi) is 3.42. The van der Waals surface area contributed by atoms with Gasteiger partial charge in [0.05, 0.1) is 10.4 Å². The Balaban J connectivity index is 1.62. The van der Waals surface area contributed by atoms with Crippen molar-refractivity contribution in [1.29, 1.82) is 0 Å². The first kappa shape index (κ1) is 15.6. The second-order valence-corrected chi connectivity index (χ2v) is 8.61.